The Hall–Kier alpha value is -2.95. The predicted molar refractivity (Wildman–Crippen MR) is 76.0 cm³/mol. The van der Waals surface area contributed by atoms with Crippen molar-refractivity contribution in [3.05, 3.63) is 76.2 Å². The van der Waals surface area contributed by atoms with Crippen LogP contribution in [0.4, 0.5) is 0 Å². The minimum absolute atomic E-state index is 0.275. The molecule has 0 fully saturated rings. The van der Waals surface area contributed by atoms with Gasteiger partial charge < -0.3 is 4.74 Å². The minimum atomic E-state index is -0.800. The summed E-state index contributed by atoms with van der Waals surface area (Å²) < 4.78 is 6.52. The molecule has 0 aliphatic carbocycles. The first-order valence-electron chi connectivity index (χ1n) is 6.52. The first-order valence-corrected chi connectivity index (χ1v) is 6.52. The molecule has 0 bridgehead atoms. The number of rotatable bonds is 1. The number of fused-ring (bicyclic) bond motifs is 2. The Kier molecular flexibility index (Phi) is 2.41. The van der Waals surface area contributed by atoms with Crippen LogP contribution in [0.5, 0.6) is 0 Å². The molecule has 4 rings (SSSR count). The highest BCUT2D eigenvalue weighted by atomic mass is 16.6. The predicted octanol–water partition coefficient (Wildman–Crippen LogP) is 2.11. The number of benzene rings is 2. The quantitative estimate of drug-likeness (QED) is 0.640. The fourth-order valence-corrected chi connectivity index (χ4v) is 2.58. The first-order chi connectivity index (χ1) is 10.3. The lowest BCUT2D eigenvalue weighted by Crippen LogP contribution is -2.28. The largest absolute Gasteiger partial charge is 0.431 e. The van der Waals surface area contributed by atoms with Crippen molar-refractivity contribution in [1.29, 1.82) is 0 Å². The number of ether oxygens (including phenoxy) is 1. The van der Waals surface area contributed by atoms with E-state index in [1.54, 1.807) is 42.6 Å². The molecule has 2 heterocycles. The molecule has 0 spiro atoms. The third-order valence-electron chi connectivity index (χ3n) is 3.61. The van der Waals surface area contributed by atoms with Gasteiger partial charge in [0.15, 0.2) is 0 Å². The molecule has 21 heavy (non-hydrogen) atoms. The number of hydrogen-bond donors (Lipinski definition) is 0. The second-order valence-electron chi connectivity index (χ2n) is 4.83. The van der Waals surface area contributed by atoms with Crippen molar-refractivity contribution in [3.63, 3.8) is 0 Å². The van der Waals surface area contributed by atoms with Crippen molar-refractivity contribution in [2.75, 3.05) is 0 Å². The Morgan fingerprint density at radius 1 is 1.00 bits per heavy atom. The van der Waals surface area contributed by atoms with Gasteiger partial charge in [0.1, 0.15) is 0 Å². The minimum Gasteiger partial charge on any atom is -0.431 e. The summed E-state index contributed by atoms with van der Waals surface area (Å²) in [7, 11) is 0. The van der Waals surface area contributed by atoms with E-state index in [1.165, 1.54) is 4.68 Å². The molecule has 0 saturated heterocycles. The third-order valence-corrected chi connectivity index (χ3v) is 3.61. The number of hydrogen-bond acceptors (Lipinski definition) is 4. The molecule has 1 atom stereocenters. The summed E-state index contributed by atoms with van der Waals surface area (Å²) in [6, 6.07) is 14.2. The second kappa shape index (κ2) is 4.28. The van der Waals surface area contributed by atoms with Crippen molar-refractivity contribution in [2.45, 2.75) is 6.23 Å². The standard InChI is InChI=1S/C16H10N2O3/c19-14-11-6-2-1-5-10(11)9-17-18(14)15-12-7-3-4-8-13(12)16(20)21-15/h1-9,15H. The van der Waals surface area contributed by atoms with Crippen LogP contribution in [0.1, 0.15) is 22.1 Å². The molecule has 3 aromatic rings. The van der Waals surface area contributed by atoms with Crippen LogP contribution < -0.4 is 5.56 Å². The normalized spacial score (nSPS) is 16.8. The van der Waals surface area contributed by atoms with Gasteiger partial charge in [0, 0.05) is 10.9 Å². The molecule has 0 N–H and O–H groups in total. The van der Waals surface area contributed by atoms with Gasteiger partial charge in [-0.2, -0.15) is 9.78 Å². The summed E-state index contributed by atoms with van der Waals surface area (Å²) in [5.41, 5.74) is 0.861. The van der Waals surface area contributed by atoms with Crippen LogP contribution in [0.3, 0.4) is 0 Å². The molecule has 1 aliphatic rings. The van der Waals surface area contributed by atoms with Gasteiger partial charge in [-0.1, -0.05) is 36.4 Å². The molecule has 1 aliphatic heterocycles. The monoisotopic (exact) mass is 278 g/mol. The van der Waals surface area contributed by atoms with Crippen molar-refractivity contribution >= 4 is 16.7 Å². The lowest BCUT2D eigenvalue weighted by Gasteiger charge is -2.13. The zero-order chi connectivity index (χ0) is 14.4. The average molecular weight is 278 g/mol. The Labute approximate surface area is 119 Å². The van der Waals surface area contributed by atoms with Crippen LogP contribution in [0.15, 0.2) is 59.5 Å². The zero-order valence-electron chi connectivity index (χ0n) is 10.9. The molecular weight excluding hydrogens is 268 g/mol. The third kappa shape index (κ3) is 1.67. The molecular formula is C16H10N2O3. The van der Waals surface area contributed by atoms with Crippen molar-refractivity contribution in [1.82, 2.24) is 9.78 Å². The number of cyclic esters (lactones) is 1. The van der Waals surface area contributed by atoms with E-state index in [0.717, 1.165) is 5.39 Å². The number of nitrogens with zero attached hydrogens (tertiary/aromatic N) is 2. The van der Waals surface area contributed by atoms with E-state index in [1.807, 2.05) is 12.1 Å². The maximum absolute atomic E-state index is 12.5. The van der Waals surface area contributed by atoms with E-state index in [-0.39, 0.29) is 5.56 Å². The first kappa shape index (κ1) is 11.8. The molecule has 2 aromatic carbocycles. The summed E-state index contributed by atoms with van der Waals surface area (Å²) in [5, 5.41) is 5.46. The zero-order valence-corrected chi connectivity index (χ0v) is 10.9. The van der Waals surface area contributed by atoms with Crippen molar-refractivity contribution in [3.8, 4) is 0 Å². The second-order valence-corrected chi connectivity index (χ2v) is 4.83. The maximum Gasteiger partial charge on any atom is 0.340 e. The molecule has 5 heteroatoms. The molecule has 1 aromatic heterocycles. The van der Waals surface area contributed by atoms with Gasteiger partial charge in [-0.3, -0.25) is 4.79 Å². The van der Waals surface area contributed by atoms with Gasteiger partial charge in [0.25, 0.3) is 5.56 Å². The van der Waals surface area contributed by atoms with E-state index >= 15 is 0 Å². The van der Waals surface area contributed by atoms with E-state index in [2.05, 4.69) is 5.10 Å². The van der Waals surface area contributed by atoms with E-state index < -0.39 is 12.2 Å². The van der Waals surface area contributed by atoms with Gasteiger partial charge in [-0.25, -0.2) is 4.79 Å². The van der Waals surface area contributed by atoms with E-state index in [4.69, 9.17) is 4.74 Å². The Morgan fingerprint density at radius 3 is 2.67 bits per heavy atom. The molecule has 102 valence electrons. The average Bonchev–Trinajstić information content (AvgIpc) is 2.86. The highest BCUT2D eigenvalue weighted by molar-refractivity contribution is 5.94. The number of esters is 1. The Morgan fingerprint density at radius 2 is 1.76 bits per heavy atom. The SMILES string of the molecule is O=C1OC(n2ncc3ccccc3c2=O)c2ccccc21. The highest BCUT2D eigenvalue weighted by Crippen LogP contribution is 2.30. The maximum atomic E-state index is 12.5. The summed E-state index contributed by atoms with van der Waals surface area (Å²) in [4.78, 5) is 24.4. The number of carbonyl (C=O) groups excluding carboxylic acids is 1. The lowest BCUT2D eigenvalue weighted by atomic mass is 10.1. The van der Waals surface area contributed by atoms with Crippen LogP contribution in [-0.4, -0.2) is 15.7 Å². The fourth-order valence-electron chi connectivity index (χ4n) is 2.58. The fraction of sp³-hybridized carbons (Fsp3) is 0.0625. The van der Waals surface area contributed by atoms with Crippen molar-refractivity contribution < 1.29 is 9.53 Å². The summed E-state index contributed by atoms with van der Waals surface area (Å²) >= 11 is 0. The van der Waals surface area contributed by atoms with Gasteiger partial charge in [0.2, 0.25) is 6.23 Å². The van der Waals surface area contributed by atoms with Crippen molar-refractivity contribution in [2.24, 2.45) is 0 Å². The van der Waals surface area contributed by atoms with Crippen LogP contribution >= 0.6 is 0 Å². The van der Waals surface area contributed by atoms with E-state index in [9.17, 15) is 9.59 Å². The van der Waals surface area contributed by atoms with E-state index in [0.29, 0.717) is 16.5 Å². The molecule has 0 saturated carbocycles. The summed E-state index contributed by atoms with van der Waals surface area (Å²) in [6.07, 6.45) is 0.803. The number of carbonyl (C=O) groups is 1. The van der Waals surface area contributed by atoms with Gasteiger partial charge >= 0.3 is 5.97 Å². The highest BCUT2D eigenvalue weighted by Gasteiger charge is 2.33. The van der Waals surface area contributed by atoms with Gasteiger partial charge in [-0.15, -0.1) is 0 Å². The Bertz CT molecular complexity index is 930. The lowest BCUT2D eigenvalue weighted by molar-refractivity contribution is 0.0279. The van der Waals surface area contributed by atoms with Gasteiger partial charge in [-0.05, 0) is 12.1 Å². The summed E-state index contributed by atoms with van der Waals surface area (Å²) in [5.74, 6) is -0.433. The molecule has 0 amide bonds. The topological polar surface area (TPSA) is 61.2 Å². The van der Waals surface area contributed by atoms with Crippen LogP contribution in [-0.2, 0) is 4.74 Å². The van der Waals surface area contributed by atoms with Crippen LogP contribution in [0, 0.1) is 0 Å². The molecule has 1 unspecified atom stereocenters. The van der Waals surface area contributed by atoms with Crippen LogP contribution in [0.2, 0.25) is 0 Å². The number of aromatic nitrogens is 2. The summed E-state index contributed by atoms with van der Waals surface area (Å²) in [6.45, 7) is 0. The smallest absolute Gasteiger partial charge is 0.340 e. The molecule has 5 nitrogen and oxygen atoms in total. The Balaban J connectivity index is 1.95. The van der Waals surface area contributed by atoms with Crippen LogP contribution in [0.25, 0.3) is 10.8 Å². The molecule has 0 radical (unpaired) electrons. The van der Waals surface area contributed by atoms with Gasteiger partial charge in [0.05, 0.1) is 17.1 Å².